The Hall–Kier alpha value is -1.73. The van der Waals surface area contributed by atoms with E-state index in [1.807, 2.05) is 0 Å². The fraction of sp³-hybridized carbons (Fsp3) is 0.750. The van der Waals surface area contributed by atoms with Crippen molar-refractivity contribution in [2.75, 3.05) is 6.61 Å². The van der Waals surface area contributed by atoms with Crippen molar-refractivity contribution in [3.63, 3.8) is 0 Å². The number of nitriles is 1. The Bertz CT molecular complexity index is 834. The van der Waals surface area contributed by atoms with E-state index in [0.29, 0.717) is 24.0 Å². The molecule has 4 rings (SSSR count). The molecule has 1 aromatic rings. The molecule has 0 spiro atoms. The van der Waals surface area contributed by atoms with E-state index in [9.17, 15) is 10.2 Å². The number of hydrogen-bond acceptors (Lipinski definition) is 4. The van der Waals surface area contributed by atoms with E-state index in [-0.39, 0.29) is 23.5 Å². The normalized spacial score (nSPS) is 27.8. The number of benzene rings is 1. The average molecular weight is 440 g/mol. The molecule has 4 heteroatoms. The zero-order chi connectivity index (χ0) is 22.8. The summed E-state index contributed by atoms with van der Waals surface area (Å²) in [4.78, 5) is 0. The maximum absolute atomic E-state index is 11.3. The van der Waals surface area contributed by atoms with E-state index >= 15 is 0 Å². The van der Waals surface area contributed by atoms with E-state index in [2.05, 4.69) is 32.0 Å². The number of unbranched alkanes of at least 4 members (excludes halogenated alkanes) is 4. The lowest BCUT2D eigenvalue weighted by Crippen LogP contribution is -2.47. The van der Waals surface area contributed by atoms with Gasteiger partial charge in [0.2, 0.25) is 0 Å². The number of aliphatic hydroxyl groups is 1. The molecule has 3 atom stereocenters. The third-order valence-corrected chi connectivity index (χ3v) is 8.84. The van der Waals surface area contributed by atoms with Crippen LogP contribution >= 0.6 is 0 Å². The van der Waals surface area contributed by atoms with E-state index in [1.54, 1.807) is 0 Å². The van der Waals surface area contributed by atoms with Gasteiger partial charge in [0, 0.05) is 24.5 Å². The third kappa shape index (κ3) is 4.51. The van der Waals surface area contributed by atoms with Gasteiger partial charge in [-0.25, -0.2) is 0 Å². The van der Waals surface area contributed by atoms with Crippen molar-refractivity contribution in [3.05, 3.63) is 23.3 Å². The van der Waals surface area contributed by atoms with Crippen LogP contribution in [0.1, 0.15) is 114 Å². The maximum Gasteiger partial charge on any atom is 0.127 e. The lowest BCUT2D eigenvalue weighted by molar-refractivity contribution is -0.0211. The number of phenolic OH excluding ortho intramolecular Hbond substituents is 1. The van der Waals surface area contributed by atoms with Crippen LogP contribution in [-0.2, 0) is 5.41 Å². The summed E-state index contributed by atoms with van der Waals surface area (Å²) in [5.74, 6) is 2.24. The first kappa shape index (κ1) is 23.4. The van der Waals surface area contributed by atoms with Crippen LogP contribution in [0.5, 0.6) is 11.5 Å². The van der Waals surface area contributed by atoms with Gasteiger partial charge in [-0.2, -0.15) is 5.26 Å². The molecule has 176 valence electrons. The number of aromatic hydroxyl groups is 1. The maximum atomic E-state index is 11.3. The topological polar surface area (TPSA) is 73.5 Å². The van der Waals surface area contributed by atoms with Crippen molar-refractivity contribution in [1.29, 1.82) is 5.26 Å². The van der Waals surface area contributed by atoms with Gasteiger partial charge in [-0.1, -0.05) is 32.1 Å². The molecule has 0 saturated heterocycles. The zero-order valence-corrected chi connectivity index (χ0v) is 20.0. The Morgan fingerprint density at radius 1 is 1.09 bits per heavy atom. The molecule has 2 saturated carbocycles. The van der Waals surface area contributed by atoms with Crippen molar-refractivity contribution in [2.45, 2.75) is 114 Å². The highest BCUT2D eigenvalue weighted by atomic mass is 16.5. The van der Waals surface area contributed by atoms with E-state index < -0.39 is 0 Å². The predicted octanol–water partition coefficient (Wildman–Crippen LogP) is 6.73. The second kappa shape index (κ2) is 9.64. The van der Waals surface area contributed by atoms with Gasteiger partial charge in [-0.3, -0.25) is 0 Å². The van der Waals surface area contributed by atoms with Gasteiger partial charge >= 0.3 is 0 Å². The van der Waals surface area contributed by atoms with Gasteiger partial charge in [0.05, 0.1) is 6.07 Å². The van der Waals surface area contributed by atoms with Gasteiger partial charge in [-0.15, -0.1) is 0 Å². The minimum Gasteiger partial charge on any atom is -0.508 e. The van der Waals surface area contributed by atoms with Crippen LogP contribution in [0.25, 0.3) is 0 Å². The van der Waals surface area contributed by atoms with E-state index in [1.165, 1.54) is 44.1 Å². The Kier molecular flexibility index (Phi) is 7.06. The Labute approximate surface area is 194 Å². The van der Waals surface area contributed by atoms with E-state index in [4.69, 9.17) is 10.00 Å². The fourth-order valence-electron chi connectivity index (χ4n) is 7.06. The summed E-state index contributed by atoms with van der Waals surface area (Å²) >= 11 is 0. The van der Waals surface area contributed by atoms with Crippen LogP contribution in [0, 0.1) is 23.2 Å². The SMILES string of the molecule is CC1(C)Oc2cc(C3(CCCCCCC#N)CCCC3)cc(O)c2[C@@H]2C[C@H](CO)CC[C@H]21. The summed E-state index contributed by atoms with van der Waals surface area (Å²) in [6.45, 7) is 4.63. The molecule has 1 heterocycles. The van der Waals surface area contributed by atoms with Crippen LogP contribution in [0.3, 0.4) is 0 Å². The van der Waals surface area contributed by atoms with Crippen molar-refractivity contribution in [2.24, 2.45) is 11.8 Å². The van der Waals surface area contributed by atoms with Crippen molar-refractivity contribution < 1.29 is 14.9 Å². The molecule has 0 unspecified atom stereocenters. The van der Waals surface area contributed by atoms with Gasteiger partial charge in [0.25, 0.3) is 0 Å². The monoisotopic (exact) mass is 439 g/mol. The standard InChI is InChI=1S/C28H41NO3/c1-27(2)23-11-10-20(19-30)16-22(23)26-24(31)17-21(18-25(26)32-27)28(13-7-8-14-28)12-6-4-3-5-9-15-29/h17-18,20,22-23,30-31H,3-14,16,19H2,1-2H3/t20-,22-,23-/m1/s1. The molecule has 0 aromatic heterocycles. The number of aliphatic hydroxyl groups excluding tert-OH is 1. The highest BCUT2D eigenvalue weighted by molar-refractivity contribution is 5.53. The number of phenols is 1. The molecule has 3 aliphatic rings. The van der Waals surface area contributed by atoms with Gasteiger partial charge in [0.1, 0.15) is 17.1 Å². The van der Waals surface area contributed by atoms with Crippen LogP contribution in [0.15, 0.2) is 12.1 Å². The smallest absolute Gasteiger partial charge is 0.127 e. The summed E-state index contributed by atoms with van der Waals surface area (Å²) in [5, 5.41) is 29.8. The molecule has 2 N–H and O–H groups in total. The summed E-state index contributed by atoms with van der Waals surface area (Å²) in [6.07, 6.45) is 14.2. The molecular weight excluding hydrogens is 398 g/mol. The number of nitrogens with zero attached hydrogens (tertiary/aromatic N) is 1. The lowest BCUT2D eigenvalue weighted by atomic mass is 9.63. The minimum absolute atomic E-state index is 0.145. The molecule has 1 aromatic carbocycles. The zero-order valence-electron chi connectivity index (χ0n) is 20.0. The first-order chi connectivity index (χ1) is 15.4. The quantitative estimate of drug-likeness (QED) is 0.440. The third-order valence-electron chi connectivity index (χ3n) is 8.84. The summed E-state index contributed by atoms with van der Waals surface area (Å²) < 4.78 is 6.60. The second-order valence-electron chi connectivity index (χ2n) is 11.2. The first-order valence-corrected chi connectivity index (χ1v) is 12.9. The molecule has 4 nitrogen and oxygen atoms in total. The number of rotatable bonds is 8. The van der Waals surface area contributed by atoms with Gasteiger partial charge < -0.3 is 14.9 Å². The first-order valence-electron chi connectivity index (χ1n) is 12.9. The number of hydrogen-bond donors (Lipinski definition) is 2. The largest absolute Gasteiger partial charge is 0.508 e. The van der Waals surface area contributed by atoms with Crippen LogP contribution < -0.4 is 4.74 Å². The van der Waals surface area contributed by atoms with E-state index in [0.717, 1.165) is 49.8 Å². The minimum atomic E-state index is -0.257. The highest BCUT2D eigenvalue weighted by Crippen LogP contribution is 2.57. The van der Waals surface area contributed by atoms with Crippen molar-refractivity contribution in [1.82, 2.24) is 0 Å². The van der Waals surface area contributed by atoms with Gasteiger partial charge in [-0.05, 0) is 93.7 Å². The summed E-state index contributed by atoms with van der Waals surface area (Å²) in [5.41, 5.74) is 2.13. The molecular formula is C28H41NO3. The Morgan fingerprint density at radius 2 is 1.84 bits per heavy atom. The highest BCUT2D eigenvalue weighted by Gasteiger charge is 2.48. The Balaban J connectivity index is 1.60. The molecule has 0 amide bonds. The summed E-state index contributed by atoms with van der Waals surface area (Å²) in [6, 6.07) is 6.56. The molecule has 32 heavy (non-hydrogen) atoms. The number of fused-ring (bicyclic) bond motifs is 3. The van der Waals surface area contributed by atoms with Crippen molar-refractivity contribution in [3.8, 4) is 17.6 Å². The van der Waals surface area contributed by atoms with Crippen LogP contribution in [0.2, 0.25) is 0 Å². The molecule has 1 aliphatic heterocycles. The second-order valence-corrected chi connectivity index (χ2v) is 11.2. The number of ether oxygens (including phenoxy) is 1. The molecule has 2 fully saturated rings. The van der Waals surface area contributed by atoms with Crippen LogP contribution in [-0.4, -0.2) is 22.4 Å². The summed E-state index contributed by atoms with van der Waals surface area (Å²) in [7, 11) is 0. The molecule has 0 radical (unpaired) electrons. The van der Waals surface area contributed by atoms with Crippen LogP contribution in [0.4, 0.5) is 0 Å². The van der Waals surface area contributed by atoms with Crippen molar-refractivity contribution >= 4 is 0 Å². The Morgan fingerprint density at radius 3 is 2.56 bits per heavy atom. The molecule has 0 bridgehead atoms. The fourth-order valence-corrected chi connectivity index (χ4v) is 7.06. The molecule has 2 aliphatic carbocycles. The average Bonchev–Trinajstić information content (AvgIpc) is 3.25. The lowest BCUT2D eigenvalue weighted by Gasteiger charge is -2.49. The van der Waals surface area contributed by atoms with Gasteiger partial charge in [0.15, 0.2) is 0 Å². The predicted molar refractivity (Wildman–Crippen MR) is 127 cm³/mol.